The normalized spacial score (nSPS) is 24.4. The van der Waals surface area contributed by atoms with Crippen LogP contribution in [0.15, 0.2) is 0 Å². The summed E-state index contributed by atoms with van der Waals surface area (Å²) in [5.41, 5.74) is 5.68. The van der Waals surface area contributed by atoms with E-state index in [4.69, 9.17) is 10.8 Å². The minimum absolute atomic E-state index is 0.0175. The monoisotopic (exact) mass is 284 g/mol. The number of nitrogens with one attached hydrogen (secondary N) is 1. The lowest BCUT2D eigenvalue weighted by Gasteiger charge is -2.28. The van der Waals surface area contributed by atoms with E-state index < -0.39 is 5.97 Å². The minimum Gasteiger partial charge on any atom is -0.481 e. The van der Waals surface area contributed by atoms with Crippen LogP contribution in [-0.2, 0) is 9.59 Å². The maximum Gasteiger partial charge on any atom is 0.305 e. The van der Waals surface area contributed by atoms with Gasteiger partial charge in [-0.15, -0.1) is 0 Å². The maximum atomic E-state index is 12.3. The molecule has 0 aromatic heterocycles. The largest absolute Gasteiger partial charge is 0.481 e. The molecule has 0 bridgehead atoms. The SMILES string of the molecule is CC(C)(C)CC(CC(=O)O)NC(=O)C1CCCC1CN. The summed E-state index contributed by atoms with van der Waals surface area (Å²) in [5.74, 6) is -0.693. The molecule has 116 valence electrons. The molecule has 0 aromatic carbocycles. The molecule has 20 heavy (non-hydrogen) atoms. The summed E-state index contributed by atoms with van der Waals surface area (Å²) in [6, 6.07) is -0.306. The van der Waals surface area contributed by atoms with Gasteiger partial charge >= 0.3 is 5.97 Å². The van der Waals surface area contributed by atoms with Gasteiger partial charge in [-0.2, -0.15) is 0 Å². The van der Waals surface area contributed by atoms with Crippen molar-refractivity contribution in [1.29, 1.82) is 0 Å². The average molecular weight is 284 g/mol. The lowest BCUT2D eigenvalue weighted by molar-refractivity contribution is -0.138. The number of aliphatic carboxylic acids is 1. The van der Waals surface area contributed by atoms with Crippen molar-refractivity contribution in [1.82, 2.24) is 5.32 Å². The second-order valence-corrected chi connectivity index (χ2v) is 7.10. The summed E-state index contributed by atoms with van der Waals surface area (Å²) in [6.45, 7) is 6.67. The second-order valence-electron chi connectivity index (χ2n) is 7.10. The summed E-state index contributed by atoms with van der Waals surface area (Å²) >= 11 is 0. The fraction of sp³-hybridized carbons (Fsp3) is 0.867. The molecule has 1 rings (SSSR count). The van der Waals surface area contributed by atoms with Gasteiger partial charge in [0.25, 0.3) is 0 Å². The van der Waals surface area contributed by atoms with Crippen molar-refractivity contribution in [2.24, 2.45) is 23.0 Å². The molecule has 5 heteroatoms. The van der Waals surface area contributed by atoms with Gasteiger partial charge in [0.05, 0.1) is 6.42 Å². The maximum absolute atomic E-state index is 12.3. The van der Waals surface area contributed by atoms with Gasteiger partial charge in [0.1, 0.15) is 0 Å². The zero-order valence-corrected chi connectivity index (χ0v) is 12.8. The van der Waals surface area contributed by atoms with E-state index in [9.17, 15) is 9.59 Å². The Morgan fingerprint density at radius 1 is 1.35 bits per heavy atom. The highest BCUT2D eigenvalue weighted by Crippen LogP contribution is 2.31. The van der Waals surface area contributed by atoms with E-state index in [0.29, 0.717) is 13.0 Å². The lowest BCUT2D eigenvalue weighted by Crippen LogP contribution is -2.43. The van der Waals surface area contributed by atoms with E-state index >= 15 is 0 Å². The third kappa shape index (κ3) is 5.49. The number of amides is 1. The lowest BCUT2D eigenvalue weighted by atomic mass is 9.86. The molecule has 3 atom stereocenters. The molecule has 1 saturated carbocycles. The first-order valence-corrected chi connectivity index (χ1v) is 7.45. The van der Waals surface area contributed by atoms with Gasteiger partial charge in [-0.3, -0.25) is 9.59 Å². The zero-order chi connectivity index (χ0) is 15.3. The molecule has 1 amide bonds. The molecular formula is C15H28N2O3. The summed E-state index contributed by atoms with van der Waals surface area (Å²) in [6.07, 6.45) is 3.53. The van der Waals surface area contributed by atoms with Gasteiger partial charge in [-0.25, -0.2) is 0 Å². The van der Waals surface area contributed by atoms with Crippen LogP contribution in [0, 0.1) is 17.3 Å². The van der Waals surface area contributed by atoms with Crippen LogP contribution in [0.1, 0.15) is 52.9 Å². The predicted molar refractivity (Wildman–Crippen MR) is 78.1 cm³/mol. The Morgan fingerprint density at radius 2 is 2.00 bits per heavy atom. The highest BCUT2D eigenvalue weighted by Gasteiger charge is 2.33. The van der Waals surface area contributed by atoms with Crippen LogP contribution >= 0.6 is 0 Å². The first-order valence-electron chi connectivity index (χ1n) is 7.45. The molecule has 1 aliphatic carbocycles. The smallest absolute Gasteiger partial charge is 0.305 e. The molecule has 1 fully saturated rings. The van der Waals surface area contributed by atoms with Crippen molar-refractivity contribution in [3.8, 4) is 0 Å². The van der Waals surface area contributed by atoms with Crippen molar-refractivity contribution in [3.63, 3.8) is 0 Å². The van der Waals surface area contributed by atoms with Crippen molar-refractivity contribution in [2.75, 3.05) is 6.54 Å². The Morgan fingerprint density at radius 3 is 2.50 bits per heavy atom. The molecule has 0 saturated heterocycles. The van der Waals surface area contributed by atoms with E-state index in [1.165, 1.54) is 0 Å². The average Bonchev–Trinajstić information content (AvgIpc) is 2.73. The highest BCUT2D eigenvalue weighted by molar-refractivity contribution is 5.80. The number of hydrogen-bond acceptors (Lipinski definition) is 3. The Kier molecular flexibility index (Phi) is 5.99. The van der Waals surface area contributed by atoms with E-state index in [2.05, 4.69) is 5.32 Å². The number of carbonyl (C=O) groups is 2. The number of carboxylic acids is 1. The molecule has 4 N–H and O–H groups in total. The van der Waals surface area contributed by atoms with Crippen LogP contribution in [0.25, 0.3) is 0 Å². The quantitative estimate of drug-likeness (QED) is 0.693. The van der Waals surface area contributed by atoms with Gasteiger partial charge in [0.2, 0.25) is 5.91 Å². The number of rotatable bonds is 6. The third-order valence-electron chi connectivity index (χ3n) is 3.92. The van der Waals surface area contributed by atoms with Crippen LogP contribution in [0.5, 0.6) is 0 Å². The minimum atomic E-state index is -0.874. The van der Waals surface area contributed by atoms with E-state index in [1.807, 2.05) is 20.8 Å². The highest BCUT2D eigenvalue weighted by atomic mass is 16.4. The van der Waals surface area contributed by atoms with E-state index in [-0.39, 0.29) is 35.6 Å². The molecule has 0 aliphatic heterocycles. The van der Waals surface area contributed by atoms with E-state index in [0.717, 1.165) is 19.3 Å². The van der Waals surface area contributed by atoms with Crippen LogP contribution in [0.3, 0.4) is 0 Å². The van der Waals surface area contributed by atoms with Crippen LogP contribution in [0.4, 0.5) is 0 Å². The van der Waals surface area contributed by atoms with Crippen LogP contribution in [0.2, 0.25) is 0 Å². The molecule has 3 unspecified atom stereocenters. The van der Waals surface area contributed by atoms with Gasteiger partial charge in [0.15, 0.2) is 0 Å². The molecule has 1 aliphatic rings. The fourth-order valence-corrected chi connectivity index (χ4v) is 3.10. The zero-order valence-electron chi connectivity index (χ0n) is 12.8. The van der Waals surface area contributed by atoms with Crippen molar-refractivity contribution in [3.05, 3.63) is 0 Å². The Balaban J connectivity index is 2.63. The summed E-state index contributed by atoms with van der Waals surface area (Å²) in [5, 5.41) is 11.9. The summed E-state index contributed by atoms with van der Waals surface area (Å²) in [7, 11) is 0. The third-order valence-corrected chi connectivity index (χ3v) is 3.92. The molecule has 5 nitrogen and oxygen atoms in total. The molecule has 0 radical (unpaired) electrons. The first-order chi connectivity index (χ1) is 9.23. The van der Waals surface area contributed by atoms with Gasteiger partial charge < -0.3 is 16.2 Å². The molecule has 0 heterocycles. The van der Waals surface area contributed by atoms with Gasteiger partial charge in [-0.1, -0.05) is 27.2 Å². The number of carboxylic acid groups (broad SMARTS) is 1. The Hall–Kier alpha value is -1.10. The Labute approximate surface area is 121 Å². The molecule has 0 aromatic rings. The van der Waals surface area contributed by atoms with Crippen molar-refractivity contribution < 1.29 is 14.7 Å². The molecule has 0 spiro atoms. The Bertz CT molecular complexity index is 350. The summed E-state index contributed by atoms with van der Waals surface area (Å²) in [4.78, 5) is 23.3. The molecular weight excluding hydrogens is 256 g/mol. The number of nitrogens with two attached hydrogens (primary N) is 1. The first kappa shape index (κ1) is 17.0. The van der Waals surface area contributed by atoms with Gasteiger partial charge in [0, 0.05) is 12.0 Å². The van der Waals surface area contributed by atoms with E-state index in [1.54, 1.807) is 0 Å². The number of hydrogen-bond donors (Lipinski definition) is 3. The standard InChI is InChI=1S/C15H28N2O3/c1-15(2,3)8-11(7-13(18)19)17-14(20)12-6-4-5-10(12)9-16/h10-12H,4-9,16H2,1-3H3,(H,17,20)(H,18,19). The van der Waals surface area contributed by atoms with Gasteiger partial charge in [-0.05, 0) is 37.1 Å². The van der Waals surface area contributed by atoms with Crippen LogP contribution < -0.4 is 11.1 Å². The topological polar surface area (TPSA) is 92.4 Å². The van der Waals surface area contributed by atoms with Crippen molar-refractivity contribution >= 4 is 11.9 Å². The van der Waals surface area contributed by atoms with Crippen molar-refractivity contribution in [2.45, 2.75) is 58.9 Å². The number of carbonyl (C=O) groups excluding carboxylic acids is 1. The van der Waals surface area contributed by atoms with Crippen LogP contribution in [-0.4, -0.2) is 29.6 Å². The predicted octanol–water partition coefficient (Wildman–Crippen LogP) is 1.76. The summed E-state index contributed by atoms with van der Waals surface area (Å²) < 4.78 is 0. The second kappa shape index (κ2) is 7.07. The fourth-order valence-electron chi connectivity index (χ4n) is 3.10.